The molecule has 6 heteroatoms. The van der Waals surface area contributed by atoms with Gasteiger partial charge in [-0.25, -0.2) is 4.98 Å². The van der Waals surface area contributed by atoms with E-state index >= 15 is 0 Å². The number of nitrogens with zero attached hydrogens (tertiary/aromatic N) is 2. The molecular weight excluding hydrogens is 204 g/mol. The second-order valence-corrected chi connectivity index (χ2v) is 4.02. The average Bonchev–Trinajstić information content (AvgIpc) is 2.53. The van der Waals surface area contributed by atoms with Crippen LogP contribution in [-0.2, 0) is 0 Å². The summed E-state index contributed by atoms with van der Waals surface area (Å²) in [6.45, 7) is 0. The molecule has 13 heavy (non-hydrogen) atoms. The van der Waals surface area contributed by atoms with E-state index in [1.165, 1.54) is 11.3 Å². The molecule has 2 heterocycles. The minimum atomic E-state index is 0.472. The zero-order valence-corrected chi connectivity index (χ0v) is 8.15. The number of aromatic nitrogens is 3. The maximum absolute atomic E-state index is 5.67. The van der Waals surface area contributed by atoms with E-state index in [1.807, 2.05) is 12.1 Å². The third kappa shape index (κ3) is 1.58. The Hall–Kier alpha value is -1.27. The summed E-state index contributed by atoms with van der Waals surface area (Å²) in [5.74, 6) is 0.472. The Morgan fingerprint density at radius 3 is 3.00 bits per heavy atom. The lowest BCUT2D eigenvalue weighted by molar-refractivity contribution is 1.08. The summed E-state index contributed by atoms with van der Waals surface area (Å²) < 4.78 is 0.637. The Morgan fingerprint density at radius 1 is 1.54 bits per heavy atom. The lowest BCUT2D eigenvalue weighted by Crippen LogP contribution is -1.92. The largest absolute Gasteiger partial charge is 0.383 e. The highest BCUT2D eigenvalue weighted by atomic mass is 32.1. The first-order valence-electron chi connectivity index (χ1n) is 3.54. The van der Waals surface area contributed by atoms with E-state index in [9.17, 15) is 0 Å². The van der Waals surface area contributed by atoms with Gasteiger partial charge in [-0.05, 0) is 24.4 Å². The Kier molecular flexibility index (Phi) is 2.07. The summed E-state index contributed by atoms with van der Waals surface area (Å²) in [6.07, 6.45) is 1.64. The van der Waals surface area contributed by atoms with Gasteiger partial charge in [0.2, 0.25) is 0 Å². The van der Waals surface area contributed by atoms with Crippen LogP contribution >= 0.6 is 23.6 Å². The van der Waals surface area contributed by atoms with Crippen molar-refractivity contribution in [3.05, 3.63) is 22.3 Å². The van der Waals surface area contributed by atoms with E-state index < -0.39 is 0 Å². The number of anilines is 1. The highest BCUT2D eigenvalue weighted by molar-refractivity contribution is 7.73. The molecule has 4 nitrogen and oxygen atoms in total. The smallest absolute Gasteiger partial charge is 0.176 e. The number of pyridine rings is 1. The molecule has 0 atom stereocenters. The highest BCUT2D eigenvalue weighted by Crippen LogP contribution is 2.24. The summed E-state index contributed by atoms with van der Waals surface area (Å²) in [7, 11) is 0. The molecule has 0 aliphatic carbocycles. The molecule has 0 radical (unpaired) electrons. The van der Waals surface area contributed by atoms with Crippen LogP contribution in [0.3, 0.4) is 0 Å². The third-order valence-electron chi connectivity index (χ3n) is 1.51. The van der Waals surface area contributed by atoms with Crippen molar-refractivity contribution in [3.63, 3.8) is 0 Å². The van der Waals surface area contributed by atoms with Gasteiger partial charge < -0.3 is 5.73 Å². The minimum absolute atomic E-state index is 0.472. The predicted molar refractivity (Wildman–Crippen MR) is 54.9 cm³/mol. The molecular formula is C7H6N4S2. The second kappa shape index (κ2) is 3.23. The third-order valence-corrected chi connectivity index (χ3v) is 2.63. The molecule has 2 aromatic rings. The van der Waals surface area contributed by atoms with Crippen LogP contribution < -0.4 is 5.73 Å². The molecule has 0 spiro atoms. The molecule has 3 N–H and O–H groups in total. The molecule has 2 rings (SSSR count). The van der Waals surface area contributed by atoms with Gasteiger partial charge in [-0.2, -0.15) is 5.10 Å². The van der Waals surface area contributed by atoms with E-state index in [-0.39, 0.29) is 0 Å². The fourth-order valence-corrected chi connectivity index (χ4v) is 1.87. The maximum Gasteiger partial charge on any atom is 0.176 e. The molecule has 0 bridgehead atoms. The number of nitrogens with one attached hydrogen (secondary N) is 1. The Balaban J connectivity index is 2.58. The van der Waals surface area contributed by atoms with Crippen molar-refractivity contribution >= 4 is 29.4 Å². The second-order valence-electron chi connectivity index (χ2n) is 2.35. The Morgan fingerprint density at radius 2 is 2.38 bits per heavy atom. The average molecular weight is 210 g/mol. The zero-order valence-electron chi connectivity index (χ0n) is 6.52. The lowest BCUT2D eigenvalue weighted by atomic mass is 10.3. The SMILES string of the molecule is Nc1ncccc1-c1n[nH]c(=S)s1. The van der Waals surface area contributed by atoms with Crippen LogP contribution in [0.5, 0.6) is 0 Å². The molecule has 0 saturated carbocycles. The quantitative estimate of drug-likeness (QED) is 0.705. The summed E-state index contributed by atoms with van der Waals surface area (Å²) in [5, 5.41) is 7.48. The van der Waals surface area contributed by atoms with Crippen LogP contribution in [0.4, 0.5) is 5.82 Å². The molecule has 0 aliphatic rings. The molecule has 0 saturated heterocycles. The minimum Gasteiger partial charge on any atom is -0.383 e. The number of hydrogen-bond acceptors (Lipinski definition) is 5. The Bertz CT molecular complexity index is 473. The van der Waals surface area contributed by atoms with Gasteiger partial charge in [0.1, 0.15) is 10.8 Å². The van der Waals surface area contributed by atoms with Gasteiger partial charge in [0, 0.05) is 6.20 Å². The van der Waals surface area contributed by atoms with Crippen LogP contribution in [0.25, 0.3) is 10.6 Å². The van der Waals surface area contributed by atoms with Crippen LogP contribution in [0.15, 0.2) is 18.3 Å². The summed E-state index contributed by atoms with van der Waals surface area (Å²) >= 11 is 6.30. The predicted octanol–water partition coefficient (Wildman–Crippen LogP) is 1.84. The first-order chi connectivity index (χ1) is 6.27. The van der Waals surface area contributed by atoms with Crippen molar-refractivity contribution in [3.8, 4) is 10.6 Å². The van der Waals surface area contributed by atoms with Gasteiger partial charge in [0.15, 0.2) is 3.95 Å². The van der Waals surface area contributed by atoms with Gasteiger partial charge in [0.25, 0.3) is 0 Å². The van der Waals surface area contributed by atoms with E-state index in [2.05, 4.69) is 15.2 Å². The van der Waals surface area contributed by atoms with E-state index in [0.717, 1.165) is 10.6 Å². The molecule has 66 valence electrons. The van der Waals surface area contributed by atoms with Crippen molar-refractivity contribution in [2.45, 2.75) is 0 Å². The molecule has 0 amide bonds. The highest BCUT2D eigenvalue weighted by Gasteiger charge is 2.05. The van der Waals surface area contributed by atoms with Gasteiger partial charge in [-0.3, -0.25) is 5.10 Å². The molecule has 0 aliphatic heterocycles. The van der Waals surface area contributed by atoms with Crippen molar-refractivity contribution in [2.75, 3.05) is 5.73 Å². The van der Waals surface area contributed by atoms with Gasteiger partial charge in [-0.15, -0.1) is 0 Å². The summed E-state index contributed by atoms with van der Waals surface area (Å²) in [5.41, 5.74) is 6.49. The van der Waals surface area contributed by atoms with E-state index in [1.54, 1.807) is 6.20 Å². The van der Waals surface area contributed by atoms with Gasteiger partial charge in [0.05, 0.1) is 5.56 Å². The van der Waals surface area contributed by atoms with Crippen molar-refractivity contribution in [1.29, 1.82) is 0 Å². The standard InChI is InChI=1S/C7H6N4S2/c8-5-4(2-1-3-9-5)6-10-11-7(12)13-6/h1-3H,(H2,8,9)(H,11,12). The lowest BCUT2D eigenvalue weighted by Gasteiger charge is -1.97. The van der Waals surface area contributed by atoms with Crippen LogP contribution in [-0.4, -0.2) is 15.2 Å². The number of nitrogen functional groups attached to an aromatic ring is 1. The Labute approximate surface area is 83.5 Å². The van der Waals surface area contributed by atoms with E-state index in [4.69, 9.17) is 18.0 Å². The maximum atomic E-state index is 5.67. The number of rotatable bonds is 1. The normalized spacial score (nSPS) is 10.2. The summed E-state index contributed by atoms with van der Waals surface area (Å²) in [6, 6.07) is 3.68. The van der Waals surface area contributed by atoms with Crippen LogP contribution in [0, 0.1) is 3.95 Å². The van der Waals surface area contributed by atoms with Crippen LogP contribution in [0.1, 0.15) is 0 Å². The first-order valence-corrected chi connectivity index (χ1v) is 4.76. The fraction of sp³-hybridized carbons (Fsp3) is 0. The monoisotopic (exact) mass is 210 g/mol. The summed E-state index contributed by atoms with van der Waals surface area (Å²) in [4.78, 5) is 3.96. The first kappa shape index (κ1) is 8.33. The van der Waals surface area contributed by atoms with Crippen molar-refractivity contribution < 1.29 is 0 Å². The molecule has 0 fully saturated rings. The molecule has 0 aromatic carbocycles. The zero-order chi connectivity index (χ0) is 9.26. The number of nitrogens with two attached hydrogens (primary N) is 1. The van der Waals surface area contributed by atoms with Gasteiger partial charge in [-0.1, -0.05) is 11.3 Å². The topological polar surface area (TPSA) is 67.6 Å². The number of hydrogen-bond donors (Lipinski definition) is 2. The number of H-pyrrole nitrogens is 1. The van der Waals surface area contributed by atoms with Gasteiger partial charge >= 0.3 is 0 Å². The molecule has 0 unspecified atom stereocenters. The van der Waals surface area contributed by atoms with Crippen molar-refractivity contribution in [2.24, 2.45) is 0 Å². The van der Waals surface area contributed by atoms with Crippen LogP contribution in [0.2, 0.25) is 0 Å². The van der Waals surface area contributed by atoms with Crippen molar-refractivity contribution in [1.82, 2.24) is 15.2 Å². The fourth-order valence-electron chi connectivity index (χ4n) is 0.943. The number of aromatic amines is 1. The van der Waals surface area contributed by atoms with E-state index in [0.29, 0.717) is 9.77 Å². The molecule has 2 aromatic heterocycles.